The van der Waals surface area contributed by atoms with Gasteiger partial charge in [0.25, 0.3) is 0 Å². The number of aliphatic imine (C=N–C) groups is 1. The van der Waals surface area contributed by atoms with Gasteiger partial charge in [-0.3, -0.25) is 0 Å². The Morgan fingerprint density at radius 1 is 1.07 bits per heavy atom. The fourth-order valence-electron chi connectivity index (χ4n) is 2.67. The van der Waals surface area contributed by atoms with Crippen molar-refractivity contribution in [1.82, 2.24) is 0 Å². The molecule has 6 nitrogen and oxygen atoms in total. The monoisotopic (exact) mass is 381 g/mol. The van der Waals surface area contributed by atoms with Crippen LogP contribution in [0.5, 0.6) is 17.2 Å². The maximum Gasteiger partial charge on any atom is 0.363 e. The number of hydrogen-bond donors (Lipinski definition) is 0. The van der Waals surface area contributed by atoms with Crippen LogP contribution in [0.3, 0.4) is 0 Å². The Balaban J connectivity index is 1.84. The average Bonchev–Trinajstić information content (AvgIpc) is 3.09. The molecule has 0 radical (unpaired) electrons. The zero-order valence-electron chi connectivity index (χ0n) is 16.2. The highest BCUT2D eigenvalue weighted by molar-refractivity contribution is 6.13. The fourth-order valence-corrected chi connectivity index (χ4v) is 2.67. The van der Waals surface area contributed by atoms with E-state index in [1.54, 1.807) is 32.4 Å². The number of rotatable bonds is 8. The summed E-state index contributed by atoms with van der Waals surface area (Å²) in [7, 11) is 3.16. The SMILES string of the molecule is CCCCOc1ccc(/C=C2\N=C(c3cccc(OC)c3)OC2=O)cc1OC. The number of unbranched alkanes of at least 4 members (excludes halogenated alkanes) is 1. The van der Waals surface area contributed by atoms with E-state index in [9.17, 15) is 4.79 Å². The Morgan fingerprint density at radius 2 is 1.93 bits per heavy atom. The highest BCUT2D eigenvalue weighted by Gasteiger charge is 2.24. The van der Waals surface area contributed by atoms with Crippen LogP contribution >= 0.6 is 0 Å². The molecule has 1 aliphatic rings. The van der Waals surface area contributed by atoms with Gasteiger partial charge in [-0.25, -0.2) is 9.79 Å². The fraction of sp³-hybridized carbons (Fsp3) is 0.273. The smallest absolute Gasteiger partial charge is 0.363 e. The van der Waals surface area contributed by atoms with E-state index < -0.39 is 5.97 Å². The molecule has 2 aromatic rings. The lowest BCUT2D eigenvalue weighted by molar-refractivity contribution is -0.129. The van der Waals surface area contributed by atoms with E-state index in [1.807, 2.05) is 30.3 Å². The third-order valence-electron chi connectivity index (χ3n) is 4.18. The van der Waals surface area contributed by atoms with Crippen molar-refractivity contribution in [2.24, 2.45) is 4.99 Å². The van der Waals surface area contributed by atoms with Gasteiger partial charge in [0.2, 0.25) is 5.90 Å². The molecule has 2 aromatic carbocycles. The third kappa shape index (κ3) is 4.52. The van der Waals surface area contributed by atoms with Gasteiger partial charge in [-0.1, -0.05) is 25.5 Å². The van der Waals surface area contributed by atoms with E-state index in [-0.39, 0.29) is 11.6 Å². The first kappa shape index (κ1) is 19.5. The van der Waals surface area contributed by atoms with Gasteiger partial charge in [0, 0.05) is 5.56 Å². The van der Waals surface area contributed by atoms with Crippen molar-refractivity contribution in [3.63, 3.8) is 0 Å². The summed E-state index contributed by atoms with van der Waals surface area (Å²) in [6.45, 7) is 2.74. The highest BCUT2D eigenvalue weighted by atomic mass is 16.6. The standard InChI is InChI=1S/C22H23NO5/c1-4-5-11-27-19-10-9-15(13-20(19)26-3)12-18-22(24)28-21(23-18)16-7-6-8-17(14-16)25-2/h6-10,12-14H,4-5,11H2,1-3H3/b18-12-. The summed E-state index contributed by atoms with van der Waals surface area (Å²) in [5, 5.41) is 0. The van der Waals surface area contributed by atoms with E-state index in [0.29, 0.717) is 29.4 Å². The molecule has 6 heteroatoms. The molecule has 0 saturated carbocycles. The first-order valence-electron chi connectivity index (χ1n) is 9.12. The Hall–Kier alpha value is -3.28. The van der Waals surface area contributed by atoms with Crippen molar-refractivity contribution in [3.8, 4) is 17.2 Å². The van der Waals surface area contributed by atoms with Crippen LogP contribution in [0.15, 0.2) is 53.2 Å². The Labute approximate surface area is 164 Å². The van der Waals surface area contributed by atoms with Gasteiger partial charge in [0.1, 0.15) is 5.75 Å². The minimum Gasteiger partial charge on any atom is -0.497 e. The van der Waals surface area contributed by atoms with Crippen LogP contribution in [0.25, 0.3) is 6.08 Å². The lowest BCUT2D eigenvalue weighted by Gasteiger charge is -2.10. The lowest BCUT2D eigenvalue weighted by Crippen LogP contribution is -2.05. The Morgan fingerprint density at radius 3 is 2.68 bits per heavy atom. The number of carbonyl (C=O) groups is 1. The maximum atomic E-state index is 12.2. The molecule has 0 amide bonds. The number of hydrogen-bond acceptors (Lipinski definition) is 6. The maximum absolute atomic E-state index is 12.2. The molecule has 0 saturated heterocycles. The molecule has 3 rings (SSSR count). The molecule has 0 atom stereocenters. The summed E-state index contributed by atoms with van der Waals surface area (Å²) in [5.41, 5.74) is 1.66. The molecule has 0 bridgehead atoms. The van der Waals surface area contributed by atoms with Crippen molar-refractivity contribution in [1.29, 1.82) is 0 Å². The number of carbonyl (C=O) groups excluding carboxylic acids is 1. The van der Waals surface area contributed by atoms with E-state index in [1.165, 1.54) is 0 Å². The van der Waals surface area contributed by atoms with Crippen molar-refractivity contribution >= 4 is 17.9 Å². The number of cyclic esters (lactones) is 1. The minimum absolute atomic E-state index is 0.222. The van der Waals surface area contributed by atoms with Crippen LogP contribution in [0.4, 0.5) is 0 Å². The number of nitrogens with zero attached hydrogens (tertiary/aromatic N) is 1. The summed E-state index contributed by atoms with van der Waals surface area (Å²) in [6.07, 6.45) is 3.69. The number of esters is 1. The second-order valence-electron chi connectivity index (χ2n) is 6.18. The van der Waals surface area contributed by atoms with E-state index >= 15 is 0 Å². The van der Waals surface area contributed by atoms with Gasteiger partial charge in [-0.05, 0) is 48.4 Å². The van der Waals surface area contributed by atoms with Crippen molar-refractivity contribution in [2.75, 3.05) is 20.8 Å². The zero-order chi connectivity index (χ0) is 19.9. The summed E-state index contributed by atoms with van der Waals surface area (Å²) in [4.78, 5) is 16.5. The molecule has 146 valence electrons. The summed E-state index contributed by atoms with van der Waals surface area (Å²) in [6, 6.07) is 12.7. The first-order chi connectivity index (χ1) is 13.6. The van der Waals surface area contributed by atoms with Gasteiger partial charge in [0.15, 0.2) is 17.2 Å². The molecular weight excluding hydrogens is 358 g/mol. The molecule has 1 aliphatic heterocycles. The van der Waals surface area contributed by atoms with Gasteiger partial charge in [-0.15, -0.1) is 0 Å². The largest absolute Gasteiger partial charge is 0.497 e. The van der Waals surface area contributed by atoms with Gasteiger partial charge in [-0.2, -0.15) is 0 Å². The third-order valence-corrected chi connectivity index (χ3v) is 4.18. The van der Waals surface area contributed by atoms with E-state index in [2.05, 4.69) is 11.9 Å². The van der Waals surface area contributed by atoms with Crippen LogP contribution in [-0.2, 0) is 9.53 Å². The Kier molecular flexibility index (Phi) is 6.32. The van der Waals surface area contributed by atoms with Crippen LogP contribution in [0.2, 0.25) is 0 Å². The molecular formula is C22H23NO5. The zero-order valence-corrected chi connectivity index (χ0v) is 16.2. The van der Waals surface area contributed by atoms with Crippen molar-refractivity contribution < 1.29 is 23.7 Å². The summed E-state index contributed by atoms with van der Waals surface area (Å²) < 4.78 is 21.6. The number of methoxy groups -OCH3 is 2. The molecule has 0 aliphatic carbocycles. The van der Waals surface area contributed by atoms with E-state index in [0.717, 1.165) is 18.4 Å². The van der Waals surface area contributed by atoms with Crippen LogP contribution < -0.4 is 14.2 Å². The average molecular weight is 381 g/mol. The van der Waals surface area contributed by atoms with Crippen LogP contribution in [-0.4, -0.2) is 32.7 Å². The van der Waals surface area contributed by atoms with Crippen molar-refractivity contribution in [2.45, 2.75) is 19.8 Å². The predicted octanol–water partition coefficient (Wildman–Crippen LogP) is 4.23. The second-order valence-corrected chi connectivity index (χ2v) is 6.18. The quantitative estimate of drug-likeness (QED) is 0.389. The second kappa shape index (κ2) is 9.08. The molecule has 28 heavy (non-hydrogen) atoms. The molecule has 0 spiro atoms. The van der Waals surface area contributed by atoms with Crippen molar-refractivity contribution in [3.05, 3.63) is 59.3 Å². The molecule has 0 aromatic heterocycles. The number of benzene rings is 2. The molecule has 0 unspecified atom stereocenters. The van der Waals surface area contributed by atoms with Gasteiger partial charge < -0.3 is 18.9 Å². The topological polar surface area (TPSA) is 66.3 Å². The lowest BCUT2D eigenvalue weighted by atomic mass is 10.1. The summed E-state index contributed by atoms with van der Waals surface area (Å²) in [5.74, 6) is 1.69. The summed E-state index contributed by atoms with van der Waals surface area (Å²) >= 11 is 0. The minimum atomic E-state index is -0.500. The van der Waals surface area contributed by atoms with E-state index in [4.69, 9.17) is 18.9 Å². The van der Waals surface area contributed by atoms with Gasteiger partial charge >= 0.3 is 5.97 Å². The molecule has 0 N–H and O–H groups in total. The first-order valence-corrected chi connectivity index (χ1v) is 9.12. The van der Waals surface area contributed by atoms with Gasteiger partial charge in [0.05, 0.1) is 20.8 Å². The predicted molar refractivity (Wildman–Crippen MR) is 107 cm³/mol. The van der Waals surface area contributed by atoms with Crippen LogP contribution in [0, 0.1) is 0 Å². The van der Waals surface area contributed by atoms with Crippen LogP contribution in [0.1, 0.15) is 30.9 Å². The normalized spacial score (nSPS) is 14.6. The molecule has 1 heterocycles. The number of ether oxygens (including phenoxy) is 4. The molecule has 0 fully saturated rings. The highest BCUT2D eigenvalue weighted by Crippen LogP contribution is 2.30. The Bertz CT molecular complexity index is 917.